The fourth-order valence-corrected chi connectivity index (χ4v) is 3.89. The average Bonchev–Trinajstić information content (AvgIpc) is 2.93. The van der Waals surface area contributed by atoms with Crippen molar-refractivity contribution in [2.45, 2.75) is 13.8 Å². The molecule has 0 fully saturated rings. The van der Waals surface area contributed by atoms with Crippen molar-refractivity contribution in [3.8, 4) is 45.3 Å². The molecule has 0 spiro atoms. The van der Waals surface area contributed by atoms with Gasteiger partial charge in [-0.3, -0.25) is 0 Å². The van der Waals surface area contributed by atoms with Crippen molar-refractivity contribution in [1.29, 1.82) is 0 Å². The smallest absolute Gasteiger partial charge is 0.164 e. The summed E-state index contributed by atoms with van der Waals surface area (Å²) in [7, 11) is 0. The minimum atomic E-state index is 0.662. The summed E-state index contributed by atoms with van der Waals surface area (Å²) >= 11 is 0. The molecule has 3 heteroatoms. The molecule has 0 atom stereocenters. The van der Waals surface area contributed by atoms with Gasteiger partial charge in [-0.2, -0.15) is 0 Å². The average molecular weight is 440 g/mol. The van der Waals surface area contributed by atoms with E-state index in [9.17, 15) is 0 Å². The number of benzene rings is 4. The number of allylic oxidation sites excluding steroid dienone is 2. The number of aromatic nitrogens is 3. The molecule has 1 aromatic heterocycles. The summed E-state index contributed by atoms with van der Waals surface area (Å²) < 4.78 is 0. The van der Waals surface area contributed by atoms with E-state index in [0.717, 1.165) is 22.3 Å². The maximum absolute atomic E-state index is 4.86. The van der Waals surface area contributed by atoms with Crippen molar-refractivity contribution in [1.82, 2.24) is 15.0 Å². The molecule has 5 rings (SSSR count). The van der Waals surface area contributed by atoms with Crippen LogP contribution in [0.25, 0.3) is 50.9 Å². The van der Waals surface area contributed by atoms with Gasteiger partial charge < -0.3 is 0 Å². The number of hydrogen-bond acceptors (Lipinski definition) is 3. The van der Waals surface area contributed by atoms with Gasteiger partial charge in [0.25, 0.3) is 0 Å². The maximum atomic E-state index is 4.86. The normalized spacial score (nSPS) is 11.4. The SMILES string of the molecule is C/C=C(\C)c1cccc(-c2cccc(-c3nc(-c4ccccc4)nc(-c4ccccc4)n3)c2)c1. The van der Waals surface area contributed by atoms with E-state index in [4.69, 9.17) is 15.0 Å². The predicted molar refractivity (Wildman–Crippen MR) is 141 cm³/mol. The molecule has 5 aromatic rings. The Hall–Kier alpha value is -4.37. The molecule has 0 bridgehead atoms. The summed E-state index contributed by atoms with van der Waals surface area (Å²) in [6.45, 7) is 4.20. The topological polar surface area (TPSA) is 38.7 Å². The maximum Gasteiger partial charge on any atom is 0.164 e. The number of hydrogen-bond donors (Lipinski definition) is 0. The highest BCUT2D eigenvalue weighted by molar-refractivity contribution is 5.75. The van der Waals surface area contributed by atoms with Crippen molar-refractivity contribution in [2.24, 2.45) is 0 Å². The van der Waals surface area contributed by atoms with E-state index in [2.05, 4.69) is 68.5 Å². The van der Waals surface area contributed by atoms with E-state index in [1.165, 1.54) is 16.7 Å². The van der Waals surface area contributed by atoms with Crippen LogP contribution in [0.1, 0.15) is 19.4 Å². The van der Waals surface area contributed by atoms with Gasteiger partial charge in [0, 0.05) is 16.7 Å². The van der Waals surface area contributed by atoms with Crippen LogP contribution >= 0.6 is 0 Å². The molecule has 34 heavy (non-hydrogen) atoms. The highest BCUT2D eigenvalue weighted by atomic mass is 15.0. The van der Waals surface area contributed by atoms with Gasteiger partial charge in [0.1, 0.15) is 0 Å². The van der Waals surface area contributed by atoms with Crippen molar-refractivity contribution >= 4 is 5.57 Å². The first-order valence-electron chi connectivity index (χ1n) is 11.4. The monoisotopic (exact) mass is 439 g/mol. The van der Waals surface area contributed by atoms with E-state index in [0.29, 0.717) is 17.5 Å². The molecule has 0 N–H and O–H groups in total. The molecule has 3 nitrogen and oxygen atoms in total. The van der Waals surface area contributed by atoms with Crippen LogP contribution < -0.4 is 0 Å². The molecule has 0 saturated carbocycles. The summed E-state index contributed by atoms with van der Waals surface area (Å²) in [6, 6.07) is 37.1. The molecular weight excluding hydrogens is 414 g/mol. The lowest BCUT2D eigenvalue weighted by atomic mass is 9.98. The van der Waals surface area contributed by atoms with Crippen LogP contribution in [-0.4, -0.2) is 15.0 Å². The van der Waals surface area contributed by atoms with Crippen LogP contribution in [0.3, 0.4) is 0 Å². The third kappa shape index (κ3) is 4.55. The summed E-state index contributed by atoms with van der Waals surface area (Å²) in [5, 5.41) is 0. The zero-order valence-corrected chi connectivity index (χ0v) is 19.3. The van der Waals surface area contributed by atoms with Crippen molar-refractivity contribution in [2.75, 3.05) is 0 Å². The molecule has 164 valence electrons. The second-order valence-corrected chi connectivity index (χ2v) is 8.17. The van der Waals surface area contributed by atoms with Gasteiger partial charge >= 0.3 is 0 Å². The van der Waals surface area contributed by atoms with Crippen LogP contribution in [0.4, 0.5) is 0 Å². The van der Waals surface area contributed by atoms with Gasteiger partial charge in [-0.25, -0.2) is 15.0 Å². The fraction of sp³-hybridized carbons (Fsp3) is 0.0645. The zero-order valence-electron chi connectivity index (χ0n) is 19.3. The van der Waals surface area contributed by atoms with Crippen LogP contribution in [0, 0.1) is 0 Å². The summed E-state index contributed by atoms with van der Waals surface area (Å²) in [5.74, 6) is 2.00. The Morgan fingerprint density at radius 2 is 0.941 bits per heavy atom. The molecule has 0 unspecified atom stereocenters. The van der Waals surface area contributed by atoms with Crippen LogP contribution in [0.5, 0.6) is 0 Å². The van der Waals surface area contributed by atoms with E-state index in [1.807, 2.05) is 60.7 Å². The van der Waals surface area contributed by atoms with Crippen LogP contribution in [0.15, 0.2) is 115 Å². The largest absolute Gasteiger partial charge is 0.208 e. The van der Waals surface area contributed by atoms with E-state index < -0.39 is 0 Å². The first-order valence-corrected chi connectivity index (χ1v) is 11.4. The van der Waals surface area contributed by atoms with Gasteiger partial charge in [0.05, 0.1) is 0 Å². The first-order chi connectivity index (χ1) is 16.7. The third-order valence-corrected chi connectivity index (χ3v) is 5.90. The molecule has 4 aromatic carbocycles. The van der Waals surface area contributed by atoms with Crippen molar-refractivity contribution in [3.05, 3.63) is 121 Å². The number of nitrogens with zero attached hydrogens (tertiary/aromatic N) is 3. The Kier molecular flexibility index (Phi) is 6.09. The number of rotatable bonds is 5. The van der Waals surface area contributed by atoms with Crippen molar-refractivity contribution < 1.29 is 0 Å². The Labute approximate surface area is 200 Å². The van der Waals surface area contributed by atoms with Gasteiger partial charge in [-0.15, -0.1) is 0 Å². The van der Waals surface area contributed by atoms with Gasteiger partial charge in [-0.05, 0) is 48.2 Å². The zero-order chi connectivity index (χ0) is 23.3. The van der Waals surface area contributed by atoms with Crippen LogP contribution in [0.2, 0.25) is 0 Å². The highest BCUT2D eigenvalue weighted by Crippen LogP contribution is 2.29. The second kappa shape index (κ2) is 9.63. The minimum Gasteiger partial charge on any atom is -0.208 e. The van der Waals surface area contributed by atoms with Crippen LogP contribution in [-0.2, 0) is 0 Å². The standard InChI is InChI=1S/C31H25N3/c1-3-22(2)25-16-10-17-26(20-25)27-18-11-19-28(21-27)31-33-29(23-12-6-4-7-13-23)32-30(34-31)24-14-8-5-9-15-24/h3-21H,1-2H3/b22-3+. The molecule has 0 aliphatic carbocycles. The second-order valence-electron chi connectivity index (χ2n) is 8.17. The van der Waals surface area contributed by atoms with Gasteiger partial charge in [0.2, 0.25) is 0 Å². The van der Waals surface area contributed by atoms with Gasteiger partial charge in [-0.1, -0.05) is 103 Å². The third-order valence-electron chi connectivity index (χ3n) is 5.90. The molecule has 0 saturated heterocycles. The Bertz CT molecular complexity index is 1400. The fourth-order valence-electron chi connectivity index (χ4n) is 3.89. The Morgan fingerprint density at radius 1 is 0.500 bits per heavy atom. The molecule has 0 amide bonds. The van der Waals surface area contributed by atoms with E-state index >= 15 is 0 Å². The summed E-state index contributed by atoms with van der Waals surface area (Å²) in [4.78, 5) is 14.5. The lowest BCUT2D eigenvalue weighted by Crippen LogP contribution is -2.00. The lowest BCUT2D eigenvalue weighted by Gasteiger charge is -2.10. The lowest BCUT2D eigenvalue weighted by molar-refractivity contribution is 1.07. The van der Waals surface area contributed by atoms with E-state index in [-0.39, 0.29) is 0 Å². The Morgan fingerprint density at radius 3 is 1.50 bits per heavy atom. The molecule has 1 heterocycles. The van der Waals surface area contributed by atoms with Gasteiger partial charge in [0.15, 0.2) is 17.5 Å². The minimum absolute atomic E-state index is 0.662. The molecular formula is C31H25N3. The van der Waals surface area contributed by atoms with Crippen molar-refractivity contribution in [3.63, 3.8) is 0 Å². The summed E-state index contributed by atoms with van der Waals surface area (Å²) in [6.07, 6.45) is 2.14. The van der Waals surface area contributed by atoms with E-state index in [1.54, 1.807) is 0 Å². The Balaban J connectivity index is 1.63. The first kappa shape index (κ1) is 21.5. The molecule has 0 radical (unpaired) electrons. The predicted octanol–water partition coefficient (Wildman–Crippen LogP) is 7.96. The molecule has 0 aliphatic rings. The highest BCUT2D eigenvalue weighted by Gasteiger charge is 2.12. The quantitative estimate of drug-likeness (QED) is 0.279. The summed E-state index contributed by atoms with van der Waals surface area (Å²) in [5.41, 5.74) is 7.68. The molecule has 0 aliphatic heterocycles.